The molecule has 0 heterocycles. The van der Waals surface area contributed by atoms with Crippen LogP contribution in [0.1, 0.15) is 13.8 Å². The van der Waals surface area contributed by atoms with Gasteiger partial charge in [0.2, 0.25) is 5.90 Å². The molecule has 10 heavy (non-hydrogen) atoms. The molecule has 0 spiro atoms. The van der Waals surface area contributed by atoms with Crippen LogP contribution in [0.2, 0.25) is 0 Å². The monoisotopic (exact) mass is 209 g/mol. The molecule has 0 fully saturated rings. The van der Waals surface area contributed by atoms with Crippen molar-refractivity contribution in [1.29, 1.82) is 0 Å². The first-order valence-electron chi connectivity index (χ1n) is 3.16. The summed E-state index contributed by atoms with van der Waals surface area (Å²) in [4.78, 5) is 4.81. The van der Waals surface area contributed by atoms with Gasteiger partial charge in [-0.3, -0.25) is 0 Å². The average Bonchev–Trinajstić information content (AvgIpc) is 1.89. The first-order valence-corrected chi connectivity index (χ1v) is 4.28. The fourth-order valence-electron chi connectivity index (χ4n) is 0.406. The number of rotatable bonds is 4. The van der Waals surface area contributed by atoms with Crippen molar-refractivity contribution in [1.82, 2.24) is 0 Å². The minimum absolute atomic E-state index is 0.573. The Hall–Kier alpha value is -0.250. The summed E-state index contributed by atoms with van der Waals surface area (Å²) < 4.78 is 5.00. The third-order valence-electron chi connectivity index (χ3n) is 0.715. The van der Waals surface area contributed by atoms with E-state index in [9.17, 15) is 0 Å². The van der Waals surface area contributed by atoms with Gasteiger partial charge in [0.05, 0.1) is 6.61 Å². The molecule has 0 amide bonds. The Bertz CT molecular complexity index is 106. The molecule has 0 N–H and O–H groups in total. The highest BCUT2D eigenvalue weighted by Gasteiger charge is 1.87. The molecule has 4 heteroatoms. The maximum absolute atomic E-state index is 5.00. The van der Waals surface area contributed by atoms with E-state index >= 15 is 0 Å². The summed E-state index contributed by atoms with van der Waals surface area (Å²) in [5.41, 5.74) is 0. The standard InChI is InChI=1S/C6H12BrNO2/c1-3-9-6(2)8-10-5-4-7/h3-5H2,1-2H3/b8-6-. The Labute approximate surface area is 69.5 Å². The van der Waals surface area contributed by atoms with Crippen LogP contribution < -0.4 is 0 Å². The predicted octanol–water partition coefficient (Wildman–Crippen LogP) is 1.77. The number of alkyl halides is 1. The molecule has 0 aliphatic carbocycles. The number of oxime groups is 1. The van der Waals surface area contributed by atoms with Crippen LogP contribution in [0.4, 0.5) is 0 Å². The number of nitrogens with zero attached hydrogens (tertiary/aromatic N) is 1. The van der Waals surface area contributed by atoms with E-state index in [4.69, 9.17) is 9.57 Å². The second kappa shape index (κ2) is 6.86. The quantitative estimate of drug-likeness (QED) is 0.233. The lowest BCUT2D eigenvalue weighted by molar-refractivity contribution is 0.148. The molecule has 0 aromatic rings. The van der Waals surface area contributed by atoms with E-state index in [1.54, 1.807) is 6.92 Å². The van der Waals surface area contributed by atoms with Crippen molar-refractivity contribution in [2.24, 2.45) is 5.16 Å². The molecule has 3 nitrogen and oxygen atoms in total. The van der Waals surface area contributed by atoms with Gasteiger partial charge in [-0.15, -0.1) is 0 Å². The largest absolute Gasteiger partial charge is 0.479 e. The average molecular weight is 210 g/mol. The van der Waals surface area contributed by atoms with Gasteiger partial charge in [-0.1, -0.05) is 21.1 Å². The van der Waals surface area contributed by atoms with Crippen molar-refractivity contribution in [2.45, 2.75) is 13.8 Å². The summed E-state index contributed by atoms with van der Waals surface area (Å²) in [5, 5.41) is 4.46. The molecule has 0 aliphatic rings. The van der Waals surface area contributed by atoms with Gasteiger partial charge < -0.3 is 9.57 Å². The summed E-state index contributed by atoms with van der Waals surface area (Å²) in [6.45, 7) is 4.87. The van der Waals surface area contributed by atoms with Gasteiger partial charge in [0.15, 0.2) is 0 Å². The van der Waals surface area contributed by atoms with E-state index in [0.29, 0.717) is 19.1 Å². The maximum Gasteiger partial charge on any atom is 0.222 e. The lowest BCUT2D eigenvalue weighted by atomic mass is 10.7. The molecule has 0 unspecified atom stereocenters. The fourth-order valence-corrected chi connectivity index (χ4v) is 0.551. The summed E-state index contributed by atoms with van der Waals surface area (Å²) in [7, 11) is 0. The highest BCUT2D eigenvalue weighted by molar-refractivity contribution is 9.09. The number of ether oxygens (including phenoxy) is 1. The van der Waals surface area contributed by atoms with E-state index in [1.165, 1.54) is 0 Å². The summed E-state index contributed by atoms with van der Waals surface area (Å²) >= 11 is 3.20. The van der Waals surface area contributed by atoms with Crippen LogP contribution >= 0.6 is 15.9 Å². The molecule has 0 radical (unpaired) electrons. The van der Waals surface area contributed by atoms with Crippen molar-refractivity contribution in [3.8, 4) is 0 Å². The van der Waals surface area contributed by atoms with Crippen molar-refractivity contribution < 1.29 is 9.57 Å². The van der Waals surface area contributed by atoms with Crippen LogP contribution in [0.15, 0.2) is 5.16 Å². The van der Waals surface area contributed by atoms with E-state index in [1.807, 2.05) is 6.92 Å². The Morgan fingerprint density at radius 3 is 2.80 bits per heavy atom. The molecule has 0 atom stereocenters. The molecule has 0 aliphatic heterocycles. The zero-order valence-corrected chi connectivity index (χ0v) is 7.85. The third-order valence-corrected chi connectivity index (χ3v) is 1.04. The molecule has 0 rings (SSSR count). The van der Waals surface area contributed by atoms with Gasteiger partial charge in [0, 0.05) is 12.3 Å². The lowest BCUT2D eigenvalue weighted by Crippen LogP contribution is -2.00. The second-order valence-corrected chi connectivity index (χ2v) is 2.36. The Kier molecular flexibility index (Phi) is 6.69. The topological polar surface area (TPSA) is 30.8 Å². The summed E-state index contributed by atoms with van der Waals surface area (Å²) in [6.07, 6.45) is 0. The van der Waals surface area contributed by atoms with Gasteiger partial charge in [-0.25, -0.2) is 0 Å². The van der Waals surface area contributed by atoms with Crippen LogP contribution in [0.3, 0.4) is 0 Å². The highest BCUT2D eigenvalue weighted by Crippen LogP contribution is 1.86. The van der Waals surface area contributed by atoms with Gasteiger partial charge in [-0.05, 0) is 6.92 Å². The van der Waals surface area contributed by atoms with Crippen LogP contribution in [0.5, 0.6) is 0 Å². The minimum Gasteiger partial charge on any atom is -0.479 e. The molecular weight excluding hydrogens is 198 g/mol. The zero-order valence-electron chi connectivity index (χ0n) is 6.26. The normalized spacial score (nSPS) is 11.3. The summed E-state index contributed by atoms with van der Waals surface area (Å²) in [5.74, 6) is 0.573. The molecule has 0 aromatic carbocycles. The van der Waals surface area contributed by atoms with Crippen LogP contribution in [-0.4, -0.2) is 24.4 Å². The number of halogens is 1. The SMILES string of the molecule is CCO/C(C)=N\OCCBr. The van der Waals surface area contributed by atoms with Gasteiger partial charge >= 0.3 is 0 Å². The fraction of sp³-hybridized carbons (Fsp3) is 0.833. The molecular formula is C6H12BrNO2. The van der Waals surface area contributed by atoms with Gasteiger partial charge in [0.1, 0.15) is 6.61 Å². The van der Waals surface area contributed by atoms with Crippen molar-refractivity contribution in [2.75, 3.05) is 18.5 Å². The van der Waals surface area contributed by atoms with Crippen LogP contribution in [-0.2, 0) is 9.57 Å². The van der Waals surface area contributed by atoms with Crippen molar-refractivity contribution in [3.63, 3.8) is 0 Å². The van der Waals surface area contributed by atoms with Gasteiger partial charge in [0.25, 0.3) is 0 Å². The van der Waals surface area contributed by atoms with E-state index in [0.717, 1.165) is 5.33 Å². The zero-order chi connectivity index (χ0) is 7.82. The minimum atomic E-state index is 0.573. The molecule has 0 saturated carbocycles. The van der Waals surface area contributed by atoms with Crippen LogP contribution in [0, 0.1) is 0 Å². The highest BCUT2D eigenvalue weighted by atomic mass is 79.9. The Morgan fingerprint density at radius 1 is 1.60 bits per heavy atom. The first-order chi connectivity index (χ1) is 4.81. The first kappa shape index (κ1) is 9.75. The maximum atomic E-state index is 5.00. The van der Waals surface area contributed by atoms with E-state index < -0.39 is 0 Å². The summed E-state index contributed by atoms with van der Waals surface area (Å²) in [6, 6.07) is 0. The Morgan fingerprint density at radius 2 is 2.30 bits per heavy atom. The number of hydrogen-bond donors (Lipinski definition) is 0. The molecule has 0 aromatic heterocycles. The van der Waals surface area contributed by atoms with Crippen molar-refractivity contribution in [3.05, 3.63) is 0 Å². The lowest BCUT2D eigenvalue weighted by Gasteiger charge is -1.99. The smallest absolute Gasteiger partial charge is 0.222 e. The molecule has 0 bridgehead atoms. The Balaban J connectivity index is 3.28. The number of hydrogen-bond acceptors (Lipinski definition) is 3. The van der Waals surface area contributed by atoms with E-state index in [2.05, 4.69) is 21.1 Å². The third kappa shape index (κ3) is 5.88. The van der Waals surface area contributed by atoms with E-state index in [-0.39, 0.29) is 0 Å². The second-order valence-electron chi connectivity index (χ2n) is 1.57. The van der Waals surface area contributed by atoms with Crippen LogP contribution in [0.25, 0.3) is 0 Å². The van der Waals surface area contributed by atoms with Gasteiger partial charge in [-0.2, -0.15) is 0 Å². The van der Waals surface area contributed by atoms with Crippen molar-refractivity contribution >= 4 is 21.8 Å². The molecule has 0 saturated heterocycles. The predicted molar refractivity (Wildman–Crippen MR) is 44.5 cm³/mol. The molecule has 60 valence electrons.